The molecular weight excluding hydrogens is 336 g/mol. The first kappa shape index (κ1) is 16.5. The summed E-state index contributed by atoms with van der Waals surface area (Å²) in [6, 6.07) is 3.23. The third-order valence-electron chi connectivity index (χ3n) is 4.85. The molecule has 26 heavy (non-hydrogen) atoms. The molecule has 1 fully saturated rings. The summed E-state index contributed by atoms with van der Waals surface area (Å²) in [7, 11) is 0. The van der Waals surface area contributed by atoms with Crippen LogP contribution < -0.4 is 5.56 Å². The van der Waals surface area contributed by atoms with Crippen LogP contribution in [0.25, 0.3) is 5.65 Å². The predicted octanol–water partition coefficient (Wildman–Crippen LogP) is 1.32. The number of nitrogens with one attached hydrogen (secondary N) is 1. The molecule has 3 aromatic rings. The van der Waals surface area contributed by atoms with Gasteiger partial charge >= 0.3 is 0 Å². The van der Waals surface area contributed by atoms with Gasteiger partial charge in [-0.25, -0.2) is 14.1 Å². The summed E-state index contributed by atoms with van der Waals surface area (Å²) in [5.41, 5.74) is 3.10. The third kappa shape index (κ3) is 2.89. The van der Waals surface area contributed by atoms with Crippen molar-refractivity contribution in [2.24, 2.45) is 0 Å². The molecule has 0 spiro atoms. The van der Waals surface area contributed by atoms with Crippen molar-refractivity contribution < 1.29 is 9.42 Å². The standard InChI is InChI=1S/C17H20N6O3/c1-10-7-17(25)23-15(18-10)8-13(19-23)14-5-3-4-6-22(14)16(24)9-12-11(2)20-26-21-12/h7-8,14,19H,3-6,9H2,1-2H3/t14-/m0/s1. The predicted molar refractivity (Wildman–Crippen MR) is 91.6 cm³/mol. The van der Waals surface area contributed by atoms with E-state index in [0.717, 1.165) is 25.0 Å². The molecule has 1 amide bonds. The third-order valence-corrected chi connectivity index (χ3v) is 4.85. The average molecular weight is 356 g/mol. The van der Waals surface area contributed by atoms with E-state index in [2.05, 4.69) is 25.0 Å². The van der Waals surface area contributed by atoms with Gasteiger partial charge in [-0.2, -0.15) is 0 Å². The van der Waals surface area contributed by atoms with Crippen molar-refractivity contribution in [1.82, 2.24) is 29.8 Å². The Labute approximate surface area is 149 Å². The van der Waals surface area contributed by atoms with Crippen molar-refractivity contribution >= 4 is 11.6 Å². The van der Waals surface area contributed by atoms with E-state index in [9.17, 15) is 9.59 Å². The number of aromatic nitrogens is 5. The van der Waals surface area contributed by atoms with Gasteiger partial charge in [0.15, 0.2) is 5.65 Å². The quantitative estimate of drug-likeness (QED) is 0.758. The summed E-state index contributed by atoms with van der Waals surface area (Å²) in [4.78, 5) is 31.2. The number of fused-ring (bicyclic) bond motifs is 1. The Hall–Kier alpha value is -2.97. The van der Waals surface area contributed by atoms with Crippen LogP contribution >= 0.6 is 0 Å². The van der Waals surface area contributed by atoms with E-state index in [1.807, 2.05) is 11.0 Å². The van der Waals surface area contributed by atoms with Crippen LogP contribution in [0.3, 0.4) is 0 Å². The zero-order valence-electron chi connectivity index (χ0n) is 14.7. The lowest BCUT2D eigenvalue weighted by Crippen LogP contribution is -2.39. The van der Waals surface area contributed by atoms with Gasteiger partial charge in [0.25, 0.3) is 5.56 Å². The van der Waals surface area contributed by atoms with Crippen molar-refractivity contribution in [1.29, 1.82) is 0 Å². The summed E-state index contributed by atoms with van der Waals surface area (Å²) in [5.74, 6) is -0.0244. The smallest absolute Gasteiger partial charge is 0.272 e. The first-order chi connectivity index (χ1) is 12.5. The van der Waals surface area contributed by atoms with Gasteiger partial charge in [0.2, 0.25) is 5.91 Å². The lowest BCUT2D eigenvalue weighted by atomic mass is 9.98. The summed E-state index contributed by atoms with van der Waals surface area (Å²) in [5, 5.41) is 10.7. The Balaban J connectivity index is 1.65. The second-order valence-electron chi connectivity index (χ2n) is 6.71. The molecule has 3 aromatic heterocycles. The van der Waals surface area contributed by atoms with Gasteiger partial charge in [0.05, 0.1) is 18.2 Å². The largest absolute Gasteiger partial charge is 0.334 e. The minimum absolute atomic E-state index is 0.0244. The first-order valence-electron chi connectivity index (χ1n) is 8.70. The van der Waals surface area contributed by atoms with Crippen LogP contribution in [-0.4, -0.2) is 42.3 Å². The summed E-state index contributed by atoms with van der Waals surface area (Å²) < 4.78 is 6.11. The number of amides is 1. The van der Waals surface area contributed by atoms with Gasteiger partial charge in [-0.3, -0.25) is 14.7 Å². The van der Waals surface area contributed by atoms with Crippen LogP contribution in [-0.2, 0) is 11.2 Å². The molecule has 4 rings (SSSR count). The van der Waals surface area contributed by atoms with E-state index in [0.29, 0.717) is 29.3 Å². The van der Waals surface area contributed by atoms with Crippen LogP contribution in [0.5, 0.6) is 0 Å². The normalized spacial score (nSPS) is 17.8. The molecule has 4 heterocycles. The van der Waals surface area contributed by atoms with Gasteiger partial charge in [0.1, 0.15) is 11.4 Å². The molecule has 0 bridgehead atoms. The van der Waals surface area contributed by atoms with Crippen molar-refractivity contribution in [2.75, 3.05) is 6.54 Å². The fourth-order valence-electron chi connectivity index (χ4n) is 3.51. The molecule has 9 heteroatoms. The second-order valence-corrected chi connectivity index (χ2v) is 6.71. The Morgan fingerprint density at radius 3 is 2.92 bits per heavy atom. The van der Waals surface area contributed by atoms with Crippen molar-refractivity contribution in [3.8, 4) is 0 Å². The number of aromatic amines is 1. The number of hydrogen-bond acceptors (Lipinski definition) is 6. The highest BCUT2D eigenvalue weighted by atomic mass is 16.6. The molecule has 0 aliphatic carbocycles. The van der Waals surface area contributed by atoms with E-state index < -0.39 is 0 Å². The summed E-state index contributed by atoms with van der Waals surface area (Å²) in [6.07, 6.45) is 2.97. The maximum atomic E-state index is 12.9. The van der Waals surface area contributed by atoms with E-state index in [-0.39, 0.29) is 23.9 Å². The fraction of sp³-hybridized carbons (Fsp3) is 0.471. The van der Waals surface area contributed by atoms with E-state index in [1.54, 1.807) is 13.8 Å². The lowest BCUT2D eigenvalue weighted by molar-refractivity contribution is -0.134. The number of piperidine rings is 1. The van der Waals surface area contributed by atoms with Gasteiger partial charge in [-0.05, 0) is 33.1 Å². The molecule has 0 unspecified atom stereocenters. The minimum atomic E-state index is -0.156. The molecule has 9 nitrogen and oxygen atoms in total. The molecule has 1 aliphatic rings. The van der Waals surface area contributed by atoms with Gasteiger partial charge < -0.3 is 4.90 Å². The monoisotopic (exact) mass is 356 g/mol. The number of carbonyl (C=O) groups excluding carboxylic acids is 1. The topological polar surface area (TPSA) is 109 Å². The first-order valence-corrected chi connectivity index (χ1v) is 8.70. The SMILES string of the molecule is Cc1cc(=O)n2[nH]c([C@@H]3CCCCN3C(=O)Cc3nonc3C)cc2n1. The molecule has 1 atom stereocenters. The average Bonchev–Trinajstić information content (AvgIpc) is 3.21. The Morgan fingerprint density at radius 1 is 1.31 bits per heavy atom. The second kappa shape index (κ2) is 6.40. The number of likely N-dealkylation sites (tertiary alicyclic amines) is 1. The zero-order valence-corrected chi connectivity index (χ0v) is 14.7. The molecule has 136 valence electrons. The van der Waals surface area contributed by atoms with Gasteiger partial charge in [0, 0.05) is 24.4 Å². The maximum absolute atomic E-state index is 12.9. The van der Waals surface area contributed by atoms with Crippen LogP contribution in [0.15, 0.2) is 21.6 Å². The maximum Gasteiger partial charge on any atom is 0.272 e. The zero-order chi connectivity index (χ0) is 18.3. The Kier molecular flexibility index (Phi) is 4.06. The minimum Gasteiger partial charge on any atom is -0.334 e. The lowest BCUT2D eigenvalue weighted by Gasteiger charge is -2.35. The highest BCUT2D eigenvalue weighted by Crippen LogP contribution is 2.31. The van der Waals surface area contributed by atoms with Crippen molar-refractivity contribution in [3.63, 3.8) is 0 Å². The van der Waals surface area contributed by atoms with Gasteiger partial charge in [-0.1, -0.05) is 10.3 Å². The van der Waals surface area contributed by atoms with E-state index in [1.165, 1.54) is 10.6 Å². The Morgan fingerprint density at radius 2 is 2.15 bits per heavy atom. The molecule has 1 aliphatic heterocycles. The molecular formula is C17H20N6O3. The van der Waals surface area contributed by atoms with Crippen molar-refractivity contribution in [2.45, 2.75) is 45.6 Å². The van der Waals surface area contributed by atoms with E-state index >= 15 is 0 Å². The highest BCUT2D eigenvalue weighted by Gasteiger charge is 2.30. The number of rotatable bonds is 3. The van der Waals surface area contributed by atoms with Crippen LogP contribution in [0.4, 0.5) is 0 Å². The summed E-state index contributed by atoms with van der Waals surface area (Å²) in [6.45, 7) is 4.23. The van der Waals surface area contributed by atoms with E-state index in [4.69, 9.17) is 0 Å². The fourth-order valence-corrected chi connectivity index (χ4v) is 3.51. The molecule has 0 saturated carbocycles. The number of H-pyrrole nitrogens is 1. The highest BCUT2D eigenvalue weighted by molar-refractivity contribution is 5.79. The number of hydrogen-bond donors (Lipinski definition) is 1. The van der Waals surface area contributed by atoms with Crippen LogP contribution in [0.1, 0.15) is 48.1 Å². The van der Waals surface area contributed by atoms with Crippen molar-refractivity contribution in [3.05, 3.63) is 45.3 Å². The van der Waals surface area contributed by atoms with Gasteiger partial charge in [-0.15, -0.1) is 0 Å². The number of aryl methyl sites for hydroxylation is 2. The summed E-state index contributed by atoms with van der Waals surface area (Å²) >= 11 is 0. The molecule has 1 saturated heterocycles. The Bertz CT molecular complexity index is 1020. The number of nitrogens with zero attached hydrogens (tertiary/aromatic N) is 5. The van der Waals surface area contributed by atoms with Crippen LogP contribution in [0.2, 0.25) is 0 Å². The molecule has 0 radical (unpaired) electrons. The molecule has 0 aromatic carbocycles. The molecule has 1 N–H and O–H groups in total. The van der Waals surface area contributed by atoms with Crippen LogP contribution in [0, 0.1) is 13.8 Å². The number of carbonyl (C=O) groups is 1.